The summed E-state index contributed by atoms with van der Waals surface area (Å²) < 4.78 is 0. The fourth-order valence-corrected chi connectivity index (χ4v) is 2.41. The normalized spacial score (nSPS) is 17.3. The van der Waals surface area contributed by atoms with E-state index in [9.17, 15) is 10.0 Å². The first-order chi connectivity index (χ1) is 8.08. The maximum Gasteiger partial charge on any atom is 0.488 e. The van der Waals surface area contributed by atoms with Crippen molar-refractivity contribution < 1.29 is 10.0 Å². The number of piperidine rings is 1. The SMILES string of the molecule is Cc1cc(N2CCC(C)CC2)ccc1B(O)O. The molecule has 0 radical (unpaired) electrons. The van der Waals surface area contributed by atoms with Gasteiger partial charge < -0.3 is 14.9 Å². The van der Waals surface area contributed by atoms with Gasteiger partial charge >= 0.3 is 7.12 Å². The highest BCUT2D eigenvalue weighted by Crippen LogP contribution is 2.23. The highest BCUT2D eigenvalue weighted by molar-refractivity contribution is 6.59. The molecule has 2 N–H and O–H groups in total. The molecule has 1 aliphatic heterocycles. The van der Waals surface area contributed by atoms with E-state index in [1.807, 2.05) is 25.1 Å². The average molecular weight is 233 g/mol. The van der Waals surface area contributed by atoms with Gasteiger partial charge in [-0.25, -0.2) is 0 Å². The summed E-state index contributed by atoms with van der Waals surface area (Å²) in [5.41, 5.74) is 2.73. The summed E-state index contributed by atoms with van der Waals surface area (Å²) in [7, 11) is -1.37. The van der Waals surface area contributed by atoms with Crippen molar-refractivity contribution in [1.29, 1.82) is 0 Å². The molecule has 0 atom stereocenters. The monoisotopic (exact) mass is 233 g/mol. The summed E-state index contributed by atoms with van der Waals surface area (Å²) in [6.07, 6.45) is 2.48. The van der Waals surface area contributed by atoms with Gasteiger partial charge in [-0.3, -0.25) is 0 Å². The second-order valence-electron chi connectivity index (χ2n) is 5.08. The molecule has 1 fully saturated rings. The molecule has 1 heterocycles. The highest BCUT2D eigenvalue weighted by Gasteiger charge is 2.18. The average Bonchev–Trinajstić information content (AvgIpc) is 2.29. The van der Waals surface area contributed by atoms with Crippen molar-refractivity contribution >= 4 is 18.3 Å². The maximum atomic E-state index is 9.18. The second kappa shape index (κ2) is 5.11. The summed E-state index contributed by atoms with van der Waals surface area (Å²) in [6, 6.07) is 5.84. The van der Waals surface area contributed by atoms with Crippen molar-refractivity contribution in [1.82, 2.24) is 0 Å². The molecule has 4 heteroatoms. The molecule has 0 spiro atoms. The van der Waals surface area contributed by atoms with Gasteiger partial charge in [-0.05, 0) is 48.8 Å². The third-order valence-electron chi connectivity index (χ3n) is 3.68. The number of benzene rings is 1. The van der Waals surface area contributed by atoms with Crippen LogP contribution < -0.4 is 10.4 Å². The molecule has 2 rings (SSSR count). The summed E-state index contributed by atoms with van der Waals surface area (Å²) in [6.45, 7) is 6.42. The molecular weight excluding hydrogens is 213 g/mol. The van der Waals surface area contributed by atoms with Crippen molar-refractivity contribution in [2.45, 2.75) is 26.7 Å². The first-order valence-corrected chi connectivity index (χ1v) is 6.29. The Hall–Kier alpha value is -0.995. The predicted molar refractivity (Wildman–Crippen MR) is 71.6 cm³/mol. The van der Waals surface area contributed by atoms with Gasteiger partial charge in [-0.15, -0.1) is 0 Å². The molecule has 0 saturated carbocycles. The van der Waals surface area contributed by atoms with Crippen LogP contribution in [0.1, 0.15) is 25.3 Å². The van der Waals surface area contributed by atoms with Gasteiger partial charge in [-0.1, -0.05) is 13.0 Å². The Morgan fingerprint density at radius 3 is 2.41 bits per heavy atom. The summed E-state index contributed by atoms with van der Waals surface area (Å²) in [4.78, 5) is 2.38. The number of nitrogens with zero attached hydrogens (tertiary/aromatic N) is 1. The minimum atomic E-state index is -1.37. The molecule has 1 aromatic carbocycles. The van der Waals surface area contributed by atoms with E-state index in [2.05, 4.69) is 11.8 Å². The van der Waals surface area contributed by atoms with Crippen LogP contribution in [0, 0.1) is 12.8 Å². The lowest BCUT2D eigenvalue weighted by atomic mass is 9.77. The van der Waals surface area contributed by atoms with Crippen LogP contribution in [0.15, 0.2) is 18.2 Å². The predicted octanol–water partition coefficient (Wildman–Crippen LogP) is 0.911. The Bertz CT molecular complexity index is 387. The van der Waals surface area contributed by atoms with Gasteiger partial charge in [0.25, 0.3) is 0 Å². The van der Waals surface area contributed by atoms with Crippen LogP contribution in [0.5, 0.6) is 0 Å². The summed E-state index contributed by atoms with van der Waals surface area (Å²) >= 11 is 0. The molecule has 1 aromatic rings. The van der Waals surface area contributed by atoms with Crippen LogP contribution in [-0.2, 0) is 0 Å². The minimum absolute atomic E-state index is 0.596. The molecule has 0 bridgehead atoms. The van der Waals surface area contributed by atoms with Crippen LogP contribution in [0.25, 0.3) is 0 Å². The summed E-state index contributed by atoms with van der Waals surface area (Å²) in [5, 5.41) is 18.4. The lowest BCUT2D eigenvalue weighted by molar-refractivity contribution is 0.425. The second-order valence-corrected chi connectivity index (χ2v) is 5.08. The van der Waals surface area contributed by atoms with E-state index in [1.165, 1.54) is 18.5 Å². The number of anilines is 1. The van der Waals surface area contributed by atoms with Crippen LogP contribution in [0.4, 0.5) is 5.69 Å². The van der Waals surface area contributed by atoms with E-state index in [-0.39, 0.29) is 0 Å². The van der Waals surface area contributed by atoms with Crippen molar-refractivity contribution in [3.05, 3.63) is 23.8 Å². The molecular formula is C13H20BNO2. The Kier molecular flexibility index (Phi) is 3.74. The third-order valence-corrected chi connectivity index (χ3v) is 3.68. The van der Waals surface area contributed by atoms with Crippen molar-refractivity contribution in [2.75, 3.05) is 18.0 Å². The molecule has 0 aliphatic carbocycles. The number of aryl methyl sites for hydroxylation is 1. The fourth-order valence-electron chi connectivity index (χ4n) is 2.41. The number of hydrogen-bond donors (Lipinski definition) is 2. The third kappa shape index (κ3) is 2.82. The maximum absolute atomic E-state index is 9.18. The van der Waals surface area contributed by atoms with Crippen LogP contribution in [-0.4, -0.2) is 30.3 Å². The van der Waals surface area contributed by atoms with E-state index < -0.39 is 7.12 Å². The fraction of sp³-hybridized carbons (Fsp3) is 0.538. The molecule has 92 valence electrons. The molecule has 0 amide bonds. The van der Waals surface area contributed by atoms with Gasteiger partial charge in [0.1, 0.15) is 0 Å². The van der Waals surface area contributed by atoms with E-state index >= 15 is 0 Å². The van der Waals surface area contributed by atoms with Gasteiger partial charge in [0.05, 0.1) is 0 Å². The highest BCUT2D eigenvalue weighted by atomic mass is 16.4. The molecule has 0 aromatic heterocycles. The molecule has 17 heavy (non-hydrogen) atoms. The topological polar surface area (TPSA) is 43.7 Å². The van der Waals surface area contributed by atoms with E-state index in [4.69, 9.17) is 0 Å². The van der Waals surface area contributed by atoms with E-state index in [0.29, 0.717) is 5.46 Å². The zero-order valence-electron chi connectivity index (χ0n) is 10.6. The lowest BCUT2D eigenvalue weighted by Crippen LogP contribution is -2.35. The van der Waals surface area contributed by atoms with Crippen molar-refractivity contribution in [3.63, 3.8) is 0 Å². The molecule has 1 saturated heterocycles. The molecule has 1 aliphatic rings. The first kappa shape index (κ1) is 12.5. The van der Waals surface area contributed by atoms with Gasteiger partial charge in [-0.2, -0.15) is 0 Å². The minimum Gasteiger partial charge on any atom is -0.423 e. The Morgan fingerprint density at radius 2 is 1.88 bits per heavy atom. The number of rotatable bonds is 2. The zero-order valence-corrected chi connectivity index (χ0v) is 10.6. The zero-order chi connectivity index (χ0) is 12.4. The smallest absolute Gasteiger partial charge is 0.423 e. The van der Waals surface area contributed by atoms with Crippen LogP contribution in [0.2, 0.25) is 0 Å². The quantitative estimate of drug-likeness (QED) is 0.746. The van der Waals surface area contributed by atoms with Gasteiger partial charge in [0, 0.05) is 18.8 Å². The van der Waals surface area contributed by atoms with Crippen molar-refractivity contribution in [2.24, 2.45) is 5.92 Å². The van der Waals surface area contributed by atoms with Crippen LogP contribution in [0.3, 0.4) is 0 Å². The Balaban J connectivity index is 2.14. The Morgan fingerprint density at radius 1 is 1.24 bits per heavy atom. The molecule has 3 nitrogen and oxygen atoms in total. The number of hydrogen-bond acceptors (Lipinski definition) is 3. The van der Waals surface area contributed by atoms with E-state index in [1.54, 1.807) is 0 Å². The van der Waals surface area contributed by atoms with Gasteiger partial charge in [0.15, 0.2) is 0 Å². The first-order valence-electron chi connectivity index (χ1n) is 6.29. The van der Waals surface area contributed by atoms with E-state index in [0.717, 1.165) is 24.6 Å². The lowest BCUT2D eigenvalue weighted by Gasteiger charge is -2.32. The van der Waals surface area contributed by atoms with Crippen molar-refractivity contribution in [3.8, 4) is 0 Å². The Labute approximate surface area is 103 Å². The van der Waals surface area contributed by atoms with Crippen LogP contribution >= 0.6 is 0 Å². The summed E-state index contributed by atoms with van der Waals surface area (Å²) in [5.74, 6) is 0.825. The van der Waals surface area contributed by atoms with Gasteiger partial charge in [0.2, 0.25) is 0 Å². The molecule has 0 unspecified atom stereocenters. The standard InChI is InChI=1S/C13H20BNO2/c1-10-5-7-15(8-6-10)12-3-4-13(14(16)17)11(2)9-12/h3-4,9-10,16-17H,5-8H2,1-2H3. The largest absolute Gasteiger partial charge is 0.488 e.